The Morgan fingerprint density at radius 3 is 2.17 bits per heavy atom. The summed E-state index contributed by atoms with van der Waals surface area (Å²) in [5.74, 6) is 0. The highest BCUT2D eigenvalue weighted by atomic mass is 79.9. The second-order valence-electron chi connectivity index (χ2n) is 2.26. The Labute approximate surface area is 80.6 Å². The van der Waals surface area contributed by atoms with E-state index in [4.69, 9.17) is 0 Å². The smallest absolute Gasteiger partial charge is 0.0660 e. The molecule has 0 bridgehead atoms. The van der Waals surface area contributed by atoms with E-state index in [0.717, 1.165) is 5.56 Å². The Balaban J connectivity index is 0.00000121. The average Bonchev–Trinajstić information content (AvgIpc) is 2.03. The molecule has 0 saturated carbocycles. The van der Waals surface area contributed by atoms with Gasteiger partial charge in [-0.2, -0.15) is 0 Å². The van der Waals surface area contributed by atoms with Crippen LogP contribution in [0.2, 0.25) is 0 Å². The number of halogens is 3. The molecule has 1 aromatic carbocycles. The van der Waals surface area contributed by atoms with Crippen molar-refractivity contribution in [3.8, 4) is 0 Å². The third-order valence-corrected chi connectivity index (χ3v) is 1.41. The van der Waals surface area contributed by atoms with Crippen LogP contribution in [0.4, 0.5) is 8.96 Å². The predicted molar refractivity (Wildman–Crippen MR) is 49.4 cm³/mol. The van der Waals surface area contributed by atoms with Gasteiger partial charge in [0, 0.05) is 5.34 Å². The highest BCUT2D eigenvalue weighted by Gasteiger charge is 1.98. The van der Waals surface area contributed by atoms with Crippen molar-refractivity contribution >= 4 is 17.0 Å². The van der Waals surface area contributed by atoms with Crippen molar-refractivity contribution in [2.75, 3.05) is 6.54 Å². The van der Waals surface area contributed by atoms with Gasteiger partial charge in [0.05, 0.1) is 6.54 Å². The van der Waals surface area contributed by atoms with Crippen LogP contribution in [0.1, 0.15) is 5.56 Å². The summed E-state index contributed by atoms with van der Waals surface area (Å²) >= 11 is 0. The third kappa shape index (κ3) is 4.41. The molecule has 4 heteroatoms. The Morgan fingerprint density at radius 1 is 1.08 bits per heavy atom. The van der Waals surface area contributed by atoms with E-state index in [1.54, 1.807) is 0 Å². The Kier molecular flexibility index (Phi) is 5.84. The van der Waals surface area contributed by atoms with Crippen LogP contribution >= 0.6 is 17.0 Å². The van der Waals surface area contributed by atoms with E-state index in [9.17, 15) is 8.96 Å². The van der Waals surface area contributed by atoms with Crippen LogP contribution in [0, 0.1) is 0 Å². The zero-order valence-corrected chi connectivity index (χ0v) is 8.13. The normalized spacial score (nSPS) is 9.58. The second kappa shape index (κ2) is 6.08. The number of hydrogen-bond donors (Lipinski definition) is 0. The lowest BCUT2D eigenvalue weighted by molar-refractivity contribution is -0.151. The van der Waals surface area contributed by atoms with Crippen molar-refractivity contribution in [3.05, 3.63) is 35.9 Å². The number of benzene rings is 1. The van der Waals surface area contributed by atoms with Crippen LogP contribution in [0.3, 0.4) is 0 Å². The van der Waals surface area contributed by atoms with Gasteiger partial charge in [0.2, 0.25) is 0 Å². The van der Waals surface area contributed by atoms with Gasteiger partial charge < -0.3 is 0 Å². The van der Waals surface area contributed by atoms with E-state index >= 15 is 0 Å². The minimum absolute atomic E-state index is 0. The first-order valence-electron chi connectivity index (χ1n) is 3.42. The molecule has 0 spiro atoms. The molecule has 0 unspecified atom stereocenters. The Morgan fingerprint density at radius 2 is 1.67 bits per heavy atom. The van der Waals surface area contributed by atoms with Crippen LogP contribution in [-0.2, 0) is 6.42 Å². The van der Waals surface area contributed by atoms with Crippen LogP contribution in [0.15, 0.2) is 30.3 Å². The van der Waals surface area contributed by atoms with Gasteiger partial charge in [-0.15, -0.1) is 25.9 Å². The molecule has 0 aliphatic heterocycles. The molecule has 1 nitrogen and oxygen atoms in total. The molecule has 0 atom stereocenters. The van der Waals surface area contributed by atoms with E-state index in [1.807, 2.05) is 30.3 Å². The number of hydrogen-bond acceptors (Lipinski definition) is 1. The molecule has 0 fully saturated rings. The summed E-state index contributed by atoms with van der Waals surface area (Å²) in [6.45, 7) is -0.204. The highest BCUT2D eigenvalue weighted by Crippen LogP contribution is 2.01. The molecule has 1 aromatic rings. The van der Waals surface area contributed by atoms with E-state index in [1.165, 1.54) is 0 Å². The largest absolute Gasteiger partial charge is 0.114 e. The SMILES string of the molecule is Br.FN(F)CCc1ccccc1. The van der Waals surface area contributed by atoms with Crippen molar-refractivity contribution in [2.24, 2.45) is 0 Å². The molecule has 0 aliphatic carbocycles. The maximum Gasteiger partial charge on any atom is 0.0660 e. The minimum Gasteiger partial charge on any atom is -0.114 e. The van der Waals surface area contributed by atoms with Crippen molar-refractivity contribution in [2.45, 2.75) is 6.42 Å². The summed E-state index contributed by atoms with van der Waals surface area (Å²) in [6.07, 6.45) is 0.397. The van der Waals surface area contributed by atoms with Gasteiger partial charge in [0.15, 0.2) is 0 Å². The van der Waals surface area contributed by atoms with Gasteiger partial charge in [0.1, 0.15) is 0 Å². The van der Waals surface area contributed by atoms with E-state index in [-0.39, 0.29) is 23.5 Å². The predicted octanol–water partition coefficient (Wildman–Crippen LogP) is 2.88. The van der Waals surface area contributed by atoms with Crippen molar-refractivity contribution in [1.29, 1.82) is 0 Å². The molecule has 68 valence electrons. The van der Waals surface area contributed by atoms with Gasteiger partial charge in [-0.1, -0.05) is 30.3 Å². The zero-order valence-electron chi connectivity index (χ0n) is 6.41. The van der Waals surface area contributed by atoms with Gasteiger partial charge in [0.25, 0.3) is 0 Å². The second-order valence-corrected chi connectivity index (χ2v) is 2.26. The number of rotatable bonds is 3. The summed E-state index contributed by atoms with van der Waals surface area (Å²) in [4.78, 5) is 0. The zero-order chi connectivity index (χ0) is 8.10. The third-order valence-electron chi connectivity index (χ3n) is 1.41. The van der Waals surface area contributed by atoms with Crippen LogP contribution in [0.25, 0.3) is 0 Å². The van der Waals surface area contributed by atoms with Gasteiger partial charge >= 0.3 is 0 Å². The Hall–Kier alpha value is -0.480. The highest BCUT2D eigenvalue weighted by molar-refractivity contribution is 8.93. The van der Waals surface area contributed by atoms with E-state index in [0.29, 0.717) is 6.42 Å². The maximum absolute atomic E-state index is 11.6. The molecule has 0 N–H and O–H groups in total. The van der Waals surface area contributed by atoms with E-state index in [2.05, 4.69) is 0 Å². The molecule has 0 heterocycles. The lowest BCUT2D eigenvalue weighted by Gasteiger charge is -1.99. The monoisotopic (exact) mass is 237 g/mol. The van der Waals surface area contributed by atoms with E-state index < -0.39 is 5.34 Å². The standard InChI is InChI=1S/C8H9F2N.BrH/c9-11(10)7-6-8-4-2-1-3-5-8;/h1-5H,6-7H2;1H. The summed E-state index contributed by atoms with van der Waals surface area (Å²) in [7, 11) is 0. The lowest BCUT2D eigenvalue weighted by Crippen LogP contribution is -2.05. The topological polar surface area (TPSA) is 3.24 Å². The molecule has 0 amide bonds. The van der Waals surface area contributed by atoms with Gasteiger partial charge in [-0.05, 0) is 12.0 Å². The first kappa shape index (κ1) is 11.5. The molecule has 12 heavy (non-hydrogen) atoms. The molecule has 1 rings (SSSR count). The van der Waals surface area contributed by atoms with Crippen LogP contribution in [0.5, 0.6) is 0 Å². The summed E-state index contributed by atoms with van der Waals surface area (Å²) in [5, 5.41) is -0.799. The molecule has 0 aliphatic rings. The molecule has 0 aromatic heterocycles. The van der Waals surface area contributed by atoms with Crippen molar-refractivity contribution in [1.82, 2.24) is 5.34 Å². The lowest BCUT2D eigenvalue weighted by atomic mass is 10.2. The first-order valence-corrected chi connectivity index (χ1v) is 3.42. The Bertz CT molecular complexity index is 203. The molecule has 0 saturated heterocycles. The summed E-state index contributed by atoms with van der Waals surface area (Å²) in [6, 6.07) is 9.23. The summed E-state index contributed by atoms with van der Waals surface area (Å²) in [5.41, 5.74) is 0.938. The molecular formula is C8H10BrF2N. The first-order chi connectivity index (χ1) is 5.29. The van der Waals surface area contributed by atoms with Crippen molar-refractivity contribution < 1.29 is 8.96 Å². The molecule has 0 radical (unpaired) electrons. The number of nitrogens with zero attached hydrogens (tertiary/aromatic N) is 1. The molecular weight excluding hydrogens is 228 g/mol. The minimum atomic E-state index is -0.799. The summed E-state index contributed by atoms with van der Waals surface area (Å²) < 4.78 is 23.1. The van der Waals surface area contributed by atoms with Gasteiger partial charge in [-0.25, -0.2) is 0 Å². The fraction of sp³-hybridized carbons (Fsp3) is 0.250. The van der Waals surface area contributed by atoms with Crippen LogP contribution < -0.4 is 0 Å². The quantitative estimate of drug-likeness (QED) is 0.732. The fourth-order valence-corrected chi connectivity index (χ4v) is 0.858. The fourth-order valence-electron chi connectivity index (χ4n) is 0.858. The van der Waals surface area contributed by atoms with Crippen molar-refractivity contribution in [3.63, 3.8) is 0 Å². The maximum atomic E-state index is 11.6. The van der Waals surface area contributed by atoms with Crippen LogP contribution in [-0.4, -0.2) is 11.9 Å². The average molecular weight is 238 g/mol. The van der Waals surface area contributed by atoms with Gasteiger partial charge in [-0.3, -0.25) is 0 Å².